The fourth-order valence-corrected chi connectivity index (χ4v) is 5.12. The van der Waals surface area contributed by atoms with Crippen molar-refractivity contribution in [2.24, 2.45) is 0 Å². The number of piperazine rings is 1. The molecule has 2 aliphatic carbocycles. The number of aryl methyl sites for hydroxylation is 1. The Morgan fingerprint density at radius 2 is 1.92 bits per heavy atom. The second kappa shape index (κ2) is 8.09. The molecule has 0 amide bonds. The van der Waals surface area contributed by atoms with Crippen molar-refractivity contribution in [1.29, 1.82) is 0 Å². The fraction of sp³-hybridized carbons (Fsp3) is 0.800. The van der Waals surface area contributed by atoms with E-state index >= 15 is 0 Å². The van der Waals surface area contributed by atoms with Gasteiger partial charge in [0, 0.05) is 50.9 Å². The van der Waals surface area contributed by atoms with Crippen LogP contribution < -0.4 is 10.2 Å². The van der Waals surface area contributed by atoms with Crippen molar-refractivity contribution >= 4 is 11.8 Å². The summed E-state index contributed by atoms with van der Waals surface area (Å²) in [5, 5.41) is 12.9. The molecular weight excluding hydrogens is 326 g/mol. The van der Waals surface area contributed by atoms with Gasteiger partial charge in [0.25, 0.3) is 0 Å². The Morgan fingerprint density at radius 1 is 1.08 bits per heavy atom. The lowest BCUT2D eigenvalue weighted by molar-refractivity contribution is 0.0754. The Bertz CT molecular complexity index is 616. The average Bonchev–Trinajstić information content (AvgIpc) is 3.17. The summed E-state index contributed by atoms with van der Waals surface area (Å²) >= 11 is 0. The lowest BCUT2D eigenvalue weighted by atomic mass is 9.92. The highest BCUT2D eigenvalue weighted by Gasteiger charge is 2.33. The summed E-state index contributed by atoms with van der Waals surface area (Å²) in [7, 11) is 1.96. The molecule has 0 aromatic carbocycles. The SMILES string of the molecule is CNc1nc(N2CCN(C3CCCCC3)[C@@H](CCO)C2)nc2c1CCC2. The van der Waals surface area contributed by atoms with Crippen LogP contribution in [0.5, 0.6) is 0 Å². The third-order valence-corrected chi connectivity index (χ3v) is 6.48. The monoisotopic (exact) mass is 359 g/mol. The minimum atomic E-state index is 0.258. The molecule has 1 aromatic rings. The number of hydrogen-bond acceptors (Lipinski definition) is 6. The van der Waals surface area contributed by atoms with Crippen LogP contribution in [0.1, 0.15) is 56.2 Å². The minimum absolute atomic E-state index is 0.258. The van der Waals surface area contributed by atoms with E-state index in [2.05, 4.69) is 15.1 Å². The van der Waals surface area contributed by atoms with E-state index in [0.29, 0.717) is 12.1 Å². The second-order valence-electron chi connectivity index (χ2n) is 8.04. The van der Waals surface area contributed by atoms with Crippen molar-refractivity contribution < 1.29 is 5.11 Å². The van der Waals surface area contributed by atoms with Crippen molar-refractivity contribution in [2.45, 2.75) is 69.9 Å². The molecule has 0 spiro atoms. The molecule has 1 aliphatic heterocycles. The highest BCUT2D eigenvalue weighted by Crippen LogP contribution is 2.31. The largest absolute Gasteiger partial charge is 0.396 e. The Hall–Kier alpha value is -1.40. The van der Waals surface area contributed by atoms with Gasteiger partial charge < -0.3 is 15.3 Å². The van der Waals surface area contributed by atoms with Gasteiger partial charge in [-0.2, -0.15) is 4.98 Å². The number of rotatable bonds is 5. The number of hydrogen-bond donors (Lipinski definition) is 2. The van der Waals surface area contributed by atoms with Gasteiger partial charge in [0.05, 0.1) is 5.69 Å². The van der Waals surface area contributed by atoms with Gasteiger partial charge in [-0.15, -0.1) is 0 Å². The van der Waals surface area contributed by atoms with E-state index in [9.17, 15) is 5.11 Å². The molecule has 0 bridgehead atoms. The van der Waals surface area contributed by atoms with Gasteiger partial charge in [0.1, 0.15) is 5.82 Å². The molecule has 6 nitrogen and oxygen atoms in total. The van der Waals surface area contributed by atoms with Crippen LogP contribution in [0, 0.1) is 0 Å². The van der Waals surface area contributed by atoms with Crippen molar-refractivity contribution in [3.8, 4) is 0 Å². The number of aliphatic hydroxyl groups is 1. The standard InChI is InChI=1S/C20H33N5O/c1-21-19-17-8-5-9-18(17)22-20(23-19)24-11-12-25(16(14-24)10-13-26)15-6-3-2-4-7-15/h15-16,26H,2-14H2,1H3,(H,21,22,23)/t16-/m0/s1. The van der Waals surface area contributed by atoms with Crippen molar-refractivity contribution in [3.63, 3.8) is 0 Å². The highest BCUT2D eigenvalue weighted by atomic mass is 16.3. The van der Waals surface area contributed by atoms with E-state index in [1.54, 1.807) is 0 Å². The lowest BCUT2D eigenvalue weighted by Gasteiger charge is -2.46. The summed E-state index contributed by atoms with van der Waals surface area (Å²) in [6, 6.07) is 1.11. The number of anilines is 2. The number of fused-ring (bicyclic) bond motifs is 1. The lowest BCUT2D eigenvalue weighted by Crippen LogP contribution is -2.57. The molecule has 1 saturated heterocycles. The molecule has 1 atom stereocenters. The molecule has 1 aromatic heterocycles. The fourth-order valence-electron chi connectivity index (χ4n) is 5.12. The molecule has 4 rings (SSSR count). The topological polar surface area (TPSA) is 64.5 Å². The quantitative estimate of drug-likeness (QED) is 0.840. The number of aromatic nitrogens is 2. The molecule has 0 radical (unpaired) electrons. The van der Waals surface area contributed by atoms with Crippen LogP contribution in [0.15, 0.2) is 0 Å². The number of aliphatic hydroxyl groups excluding tert-OH is 1. The van der Waals surface area contributed by atoms with Gasteiger partial charge in [-0.25, -0.2) is 4.98 Å². The van der Waals surface area contributed by atoms with Crippen LogP contribution >= 0.6 is 0 Å². The Labute approximate surface area is 157 Å². The summed E-state index contributed by atoms with van der Waals surface area (Å²) in [6.07, 6.45) is 10.9. The minimum Gasteiger partial charge on any atom is -0.396 e. The first-order valence-corrected chi connectivity index (χ1v) is 10.5. The third-order valence-electron chi connectivity index (χ3n) is 6.48. The van der Waals surface area contributed by atoms with Crippen molar-refractivity contribution in [3.05, 3.63) is 11.3 Å². The second-order valence-corrected chi connectivity index (χ2v) is 8.04. The summed E-state index contributed by atoms with van der Waals surface area (Å²) in [6.45, 7) is 3.23. The predicted molar refractivity (Wildman–Crippen MR) is 105 cm³/mol. The first-order valence-electron chi connectivity index (χ1n) is 10.5. The summed E-state index contributed by atoms with van der Waals surface area (Å²) in [5.74, 6) is 1.89. The average molecular weight is 360 g/mol. The summed E-state index contributed by atoms with van der Waals surface area (Å²) in [4.78, 5) is 14.8. The highest BCUT2D eigenvalue weighted by molar-refractivity contribution is 5.53. The zero-order chi connectivity index (χ0) is 17.9. The number of nitrogens with one attached hydrogen (secondary N) is 1. The van der Waals surface area contributed by atoms with Gasteiger partial charge >= 0.3 is 0 Å². The van der Waals surface area contributed by atoms with Gasteiger partial charge in [0.15, 0.2) is 0 Å². The Balaban J connectivity index is 1.52. The van der Waals surface area contributed by atoms with E-state index in [1.807, 2.05) is 7.05 Å². The maximum atomic E-state index is 9.61. The molecule has 2 fully saturated rings. The molecule has 26 heavy (non-hydrogen) atoms. The molecule has 0 unspecified atom stereocenters. The Kier molecular flexibility index (Phi) is 5.60. The molecule has 144 valence electrons. The van der Waals surface area contributed by atoms with E-state index in [1.165, 1.54) is 49.8 Å². The first-order chi connectivity index (χ1) is 12.8. The van der Waals surface area contributed by atoms with Gasteiger partial charge in [-0.3, -0.25) is 4.90 Å². The van der Waals surface area contributed by atoms with Crippen molar-refractivity contribution in [1.82, 2.24) is 14.9 Å². The Morgan fingerprint density at radius 3 is 2.69 bits per heavy atom. The van der Waals surface area contributed by atoms with Crippen LogP contribution in [0.2, 0.25) is 0 Å². The van der Waals surface area contributed by atoms with Crippen molar-refractivity contribution in [2.75, 3.05) is 43.5 Å². The van der Waals surface area contributed by atoms with Crippen LogP contribution in [-0.4, -0.2) is 65.3 Å². The molecule has 6 heteroatoms. The van der Waals surface area contributed by atoms with Gasteiger partial charge in [-0.05, 0) is 38.5 Å². The molecule has 1 saturated carbocycles. The zero-order valence-corrected chi connectivity index (χ0v) is 16.1. The van der Waals surface area contributed by atoms with Crippen LogP contribution in [0.4, 0.5) is 11.8 Å². The predicted octanol–water partition coefficient (Wildman–Crippen LogP) is 2.21. The van der Waals surface area contributed by atoms with Crippen LogP contribution in [0.25, 0.3) is 0 Å². The van der Waals surface area contributed by atoms with Crippen LogP contribution in [0.3, 0.4) is 0 Å². The van der Waals surface area contributed by atoms with E-state index in [4.69, 9.17) is 9.97 Å². The van der Waals surface area contributed by atoms with E-state index in [0.717, 1.165) is 50.7 Å². The maximum Gasteiger partial charge on any atom is 0.227 e. The smallest absolute Gasteiger partial charge is 0.227 e. The third kappa shape index (κ3) is 3.54. The normalized spacial score (nSPS) is 24.7. The maximum absolute atomic E-state index is 9.61. The zero-order valence-electron chi connectivity index (χ0n) is 16.1. The molecule has 2 N–H and O–H groups in total. The number of nitrogens with zero attached hydrogens (tertiary/aromatic N) is 4. The first kappa shape index (κ1) is 18.0. The summed E-state index contributed by atoms with van der Waals surface area (Å²) < 4.78 is 0. The molecular formula is C20H33N5O. The van der Waals surface area contributed by atoms with Crippen LogP contribution in [-0.2, 0) is 12.8 Å². The van der Waals surface area contributed by atoms with E-state index < -0.39 is 0 Å². The molecule has 2 heterocycles. The van der Waals surface area contributed by atoms with E-state index in [-0.39, 0.29) is 6.61 Å². The molecule has 3 aliphatic rings. The van der Waals surface area contributed by atoms with Gasteiger partial charge in [-0.1, -0.05) is 19.3 Å². The summed E-state index contributed by atoms with van der Waals surface area (Å²) in [5.41, 5.74) is 2.54. The van der Waals surface area contributed by atoms with Gasteiger partial charge in [0.2, 0.25) is 5.95 Å².